The van der Waals surface area contributed by atoms with Gasteiger partial charge in [-0.15, -0.1) is 0 Å². The summed E-state index contributed by atoms with van der Waals surface area (Å²) < 4.78 is 17.1. The van der Waals surface area contributed by atoms with Crippen molar-refractivity contribution in [1.82, 2.24) is 10.3 Å². The van der Waals surface area contributed by atoms with Gasteiger partial charge in [0, 0.05) is 12.7 Å². The molecule has 2 heterocycles. The maximum absolute atomic E-state index is 13.3. The summed E-state index contributed by atoms with van der Waals surface area (Å²) in [6.45, 7) is 5.44. The van der Waals surface area contributed by atoms with Crippen molar-refractivity contribution in [2.24, 2.45) is 17.8 Å². The summed E-state index contributed by atoms with van der Waals surface area (Å²) >= 11 is 0. The zero-order valence-electron chi connectivity index (χ0n) is 24.6. The number of carbonyl (C=O) groups excluding carboxylic acids is 4. The highest BCUT2D eigenvalue weighted by molar-refractivity contribution is 5.94. The number of esters is 3. The van der Waals surface area contributed by atoms with Crippen LogP contribution in [-0.4, -0.2) is 59.3 Å². The van der Waals surface area contributed by atoms with Crippen LogP contribution in [0.25, 0.3) is 0 Å². The van der Waals surface area contributed by atoms with Crippen LogP contribution in [0.5, 0.6) is 5.75 Å². The lowest BCUT2D eigenvalue weighted by atomic mass is 9.91. The third kappa shape index (κ3) is 9.85. The van der Waals surface area contributed by atoms with Crippen molar-refractivity contribution in [3.8, 4) is 5.75 Å². The zero-order chi connectivity index (χ0) is 30.5. The first kappa shape index (κ1) is 32.6. The molecule has 42 heavy (non-hydrogen) atoms. The highest BCUT2D eigenvalue weighted by Gasteiger charge is 2.41. The van der Waals surface area contributed by atoms with Gasteiger partial charge in [-0.05, 0) is 43.9 Å². The normalized spacial score (nSPS) is 21.0. The molecule has 0 spiro atoms. The molecule has 1 aliphatic heterocycles. The predicted octanol–water partition coefficient (Wildman–Crippen LogP) is 4.39. The van der Waals surface area contributed by atoms with Gasteiger partial charge in [0.15, 0.2) is 11.8 Å². The number of ether oxygens (including phenoxy) is 3. The van der Waals surface area contributed by atoms with Crippen LogP contribution < -0.4 is 5.32 Å². The third-order valence-corrected chi connectivity index (χ3v) is 7.26. The summed E-state index contributed by atoms with van der Waals surface area (Å²) in [7, 11) is 0. The van der Waals surface area contributed by atoms with Crippen LogP contribution in [0.4, 0.5) is 0 Å². The van der Waals surface area contributed by atoms with Crippen LogP contribution in [0.3, 0.4) is 0 Å². The molecule has 1 amide bonds. The van der Waals surface area contributed by atoms with Gasteiger partial charge in [0.1, 0.15) is 24.4 Å². The number of carbonyl (C=O) groups is 4. The van der Waals surface area contributed by atoms with Crippen LogP contribution >= 0.6 is 0 Å². The Kier molecular flexibility index (Phi) is 12.8. The molecule has 3 rings (SSSR count). The van der Waals surface area contributed by atoms with Crippen molar-refractivity contribution < 1.29 is 38.5 Å². The topological polar surface area (TPSA) is 141 Å². The lowest BCUT2D eigenvalue weighted by Crippen LogP contribution is -2.43. The van der Waals surface area contributed by atoms with Gasteiger partial charge >= 0.3 is 17.9 Å². The summed E-state index contributed by atoms with van der Waals surface area (Å²) in [5.41, 5.74) is 0.888. The SMILES string of the molecule is CC(C)C(=O)OC1C(C)OC(=O)C(CCCCCCCNC(=O)c2ncccc2O)COC(=O)C1Cc1ccccc1. The van der Waals surface area contributed by atoms with Crippen LogP contribution in [0.2, 0.25) is 0 Å². The lowest BCUT2D eigenvalue weighted by molar-refractivity contribution is -0.177. The molecule has 1 fully saturated rings. The third-order valence-electron chi connectivity index (χ3n) is 7.26. The first-order valence-corrected chi connectivity index (χ1v) is 14.7. The van der Waals surface area contributed by atoms with Gasteiger partial charge < -0.3 is 24.6 Å². The van der Waals surface area contributed by atoms with E-state index in [0.717, 1.165) is 37.7 Å². The number of hydrogen-bond donors (Lipinski definition) is 2. The Hall–Kier alpha value is -3.95. The van der Waals surface area contributed by atoms with Crippen molar-refractivity contribution in [1.29, 1.82) is 0 Å². The minimum absolute atomic E-state index is 0.00481. The van der Waals surface area contributed by atoms with Gasteiger partial charge in [0.05, 0.1) is 11.8 Å². The number of unbranched alkanes of at least 4 members (excludes halogenated alkanes) is 4. The summed E-state index contributed by atoms with van der Waals surface area (Å²) in [6, 6.07) is 12.4. The maximum Gasteiger partial charge on any atom is 0.313 e. The molecule has 0 radical (unpaired) electrons. The number of amides is 1. The molecule has 0 saturated carbocycles. The second-order valence-corrected chi connectivity index (χ2v) is 11.0. The van der Waals surface area contributed by atoms with E-state index in [1.54, 1.807) is 26.8 Å². The quantitative estimate of drug-likeness (QED) is 0.200. The first-order chi connectivity index (χ1) is 20.2. The van der Waals surface area contributed by atoms with Crippen molar-refractivity contribution in [3.63, 3.8) is 0 Å². The van der Waals surface area contributed by atoms with Gasteiger partial charge in [-0.2, -0.15) is 0 Å². The molecule has 2 N–H and O–H groups in total. The summed E-state index contributed by atoms with van der Waals surface area (Å²) in [4.78, 5) is 54.9. The molecule has 0 bridgehead atoms. The smallest absolute Gasteiger partial charge is 0.313 e. The number of aromatic hydroxyl groups is 1. The Morgan fingerprint density at radius 2 is 1.74 bits per heavy atom. The Bertz CT molecular complexity index is 1190. The molecule has 10 nitrogen and oxygen atoms in total. The van der Waals surface area contributed by atoms with Crippen molar-refractivity contribution >= 4 is 23.8 Å². The van der Waals surface area contributed by atoms with E-state index in [2.05, 4.69) is 10.3 Å². The highest BCUT2D eigenvalue weighted by Crippen LogP contribution is 2.27. The number of nitrogens with zero attached hydrogens (tertiary/aromatic N) is 1. The molecule has 1 saturated heterocycles. The number of hydrogen-bond acceptors (Lipinski definition) is 9. The number of pyridine rings is 1. The Labute approximate surface area is 247 Å². The van der Waals surface area contributed by atoms with E-state index >= 15 is 0 Å². The fourth-order valence-electron chi connectivity index (χ4n) is 4.79. The van der Waals surface area contributed by atoms with Gasteiger partial charge in [-0.1, -0.05) is 69.9 Å². The minimum atomic E-state index is -0.975. The molecule has 1 aliphatic rings. The Balaban J connectivity index is 1.50. The molecule has 0 aliphatic carbocycles. The second kappa shape index (κ2) is 16.5. The Morgan fingerprint density at radius 3 is 2.45 bits per heavy atom. The maximum atomic E-state index is 13.3. The van der Waals surface area contributed by atoms with Crippen molar-refractivity contribution in [2.45, 2.75) is 77.9 Å². The largest absolute Gasteiger partial charge is 0.505 e. The average Bonchev–Trinajstić information content (AvgIpc) is 3.00. The second-order valence-electron chi connectivity index (χ2n) is 11.0. The zero-order valence-corrected chi connectivity index (χ0v) is 24.6. The van der Waals surface area contributed by atoms with E-state index in [1.165, 1.54) is 12.3 Å². The summed E-state index contributed by atoms with van der Waals surface area (Å²) in [5.74, 6) is -3.87. The van der Waals surface area contributed by atoms with E-state index in [4.69, 9.17) is 14.2 Å². The number of aromatic nitrogens is 1. The van der Waals surface area contributed by atoms with Crippen LogP contribution in [0.1, 0.15) is 75.3 Å². The van der Waals surface area contributed by atoms with Crippen LogP contribution in [-0.2, 0) is 35.0 Å². The molecule has 4 unspecified atom stereocenters. The first-order valence-electron chi connectivity index (χ1n) is 14.7. The number of benzene rings is 1. The van der Waals surface area contributed by atoms with E-state index in [1.807, 2.05) is 30.3 Å². The highest BCUT2D eigenvalue weighted by atomic mass is 16.6. The van der Waals surface area contributed by atoms with E-state index < -0.39 is 53.8 Å². The van der Waals surface area contributed by atoms with Crippen LogP contribution in [0, 0.1) is 17.8 Å². The van der Waals surface area contributed by atoms with E-state index in [9.17, 15) is 24.3 Å². The number of rotatable bonds is 13. The molecule has 1 aromatic carbocycles. The molecular weight excluding hydrogens is 540 g/mol. The van der Waals surface area contributed by atoms with Gasteiger partial charge in [0.2, 0.25) is 0 Å². The van der Waals surface area contributed by atoms with Crippen molar-refractivity contribution in [2.75, 3.05) is 13.2 Å². The predicted molar refractivity (Wildman–Crippen MR) is 154 cm³/mol. The Morgan fingerprint density at radius 1 is 1.02 bits per heavy atom. The van der Waals surface area contributed by atoms with Crippen LogP contribution in [0.15, 0.2) is 48.7 Å². The minimum Gasteiger partial charge on any atom is -0.505 e. The standard InChI is InChI=1S/C32H42N2O8/c1-21(2)30(37)42-28-22(3)41-31(38)24(20-40-32(39)25(28)19-23-13-8-7-9-14-23)15-10-5-4-6-11-17-34-29(36)27-26(35)16-12-18-33-27/h7-9,12-14,16,18,21-22,24-25,28,35H,4-6,10-11,15,17,19-20H2,1-3H3,(H,34,36). The monoisotopic (exact) mass is 582 g/mol. The fraction of sp³-hybridized carbons (Fsp3) is 0.531. The molecular formula is C32H42N2O8. The molecule has 4 atom stereocenters. The molecule has 228 valence electrons. The summed E-state index contributed by atoms with van der Waals surface area (Å²) in [5, 5.41) is 12.5. The van der Waals surface area contributed by atoms with Gasteiger partial charge in [-0.3, -0.25) is 19.2 Å². The molecule has 2 aromatic rings. The summed E-state index contributed by atoms with van der Waals surface area (Å²) in [6.07, 6.45) is 4.55. The van der Waals surface area contributed by atoms with Crippen molar-refractivity contribution in [3.05, 3.63) is 59.9 Å². The van der Waals surface area contributed by atoms with Gasteiger partial charge in [-0.25, -0.2) is 4.98 Å². The molecule has 10 heteroatoms. The van der Waals surface area contributed by atoms with E-state index in [-0.39, 0.29) is 24.5 Å². The lowest BCUT2D eigenvalue weighted by Gasteiger charge is -2.29. The fourth-order valence-corrected chi connectivity index (χ4v) is 4.79. The van der Waals surface area contributed by atoms with E-state index in [0.29, 0.717) is 13.0 Å². The van der Waals surface area contributed by atoms with Gasteiger partial charge in [0.25, 0.3) is 5.91 Å². The number of nitrogens with one attached hydrogen (secondary N) is 1. The number of cyclic esters (lactones) is 2. The molecule has 1 aromatic heterocycles. The average molecular weight is 583 g/mol.